The molecule has 2 amide bonds. The number of halogens is 3. The highest BCUT2D eigenvalue weighted by atomic mass is 19.4. The zero-order chi connectivity index (χ0) is 28.7. The third-order valence-electron chi connectivity index (χ3n) is 6.37. The number of amides is 2. The lowest BCUT2D eigenvalue weighted by Crippen LogP contribution is -2.43. The van der Waals surface area contributed by atoms with E-state index in [1.807, 2.05) is 0 Å². The number of nitrogens with one attached hydrogen (secondary N) is 1. The van der Waals surface area contributed by atoms with E-state index in [0.717, 1.165) is 18.4 Å². The first-order valence-electron chi connectivity index (χ1n) is 12.7. The lowest BCUT2D eigenvalue weighted by atomic mass is 10.0. The van der Waals surface area contributed by atoms with Gasteiger partial charge in [0.2, 0.25) is 5.89 Å². The van der Waals surface area contributed by atoms with E-state index in [9.17, 15) is 22.8 Å². The van der Waals surface area contributed by atoms with E-state index in [1.54, 1.807) is 25.5 Å². The van der Waals surface area contributed by atoms with Crippen molar-refractivity contribution < 1.29 is 36.7 Å². The van der Waals surface area contributed by atoms with E-state index in [2.05, 4.69) is 30.3 Å². The first-order valence-corrected chi connectivity index (χ1v) is 12.7. The van der Waals surface area contributed by atoms with Crippen molar-refractivity contribution in [1.29, 1.82) is 0 Å². The third-order valence-corrected chi connectivity index (χ3v) is 6.37. The molecule has 2 fully saturated rings. The Kier molecular flexibility index (Phi) is 7.14. The van der Waals surface area contributed by atoms with Gasteiger partial charge in [-0.2, -0.15) is 5.10 Å². The average molecular weight is 564 g/mol. The van der Waals surface area contributed by atoms with Gasteiger partial charge in [0.25, 0.3) is 0 Å². The molecule has 15 heteroatoms. The largest absolute Gasteiger partial charge is 0.573 e. The molecule has 2 aliphatic rings. The molecule has 2 aromatic heterocycles. The molecular weight excluding hydrogens is 535 g/mol. The molecule has 12 nitrogen and oxygen atoms in total. The summed E-state index contributed by atoms with van der Waals surface area (Å²) in [5.74, 6) is -1.40. The summed E-state index contributed by atoms with van der Waals surface area (Å²) in [7, 11) is 0. The Bertz CT molecular complexity index is 1370. The van der Waals surface area contributed by atoms with E-state index in [0.29, 0.717) is 13.0 Å². The molecule has 3 heterocycles. The second-order valence-electron chi connectivity index (χ2n) is 10.8. The summed E-state index contributed by atoms with van der Waals surface area (Å²) < 4.78 is 55.1. The standard InChI is InChI=1S/C25H28F3N7O5/c1-24(2,3)40-23(37)35-10-15(8-16(35)11-34-13-29-12-30-34)31-20(36)22-33-32-21(38-22)19-9-17(39-25(26,27)28)6-7-18(19)14-4-5-14/h6-7,9,12-16H,4-5,8,10-11H2,1-3H3,(H,31,36)/t15-,16+/m1/s1. The predicted octanol–water partition coefficient (Wildman–Crippen LogP) is 3.91. The van der Waals surface area contributed by atoms with Crippen LogP contribution in [-0.4, -0.2) is 72.5 Å². The Balaban J connectivity index is 1.31. The van der Waals surface area contributed by atoms with E-state index in [4.69, 9.17) is 9.15 Å². The topological polar surface area (TPSA) is 138 Å². The highest BCUT2D eigenvalue weighted by Gasteiger charge is 2.39. The van der Waals surface area contributed by atoms with Crippen molar-refractivity contribution in [2.45, 2.75) is 76.5 Å². The molecule has 214 valence electrons. The number of carbonyl (C=O) groups excluding carboxylic acids is 2. The van der Waals surface area contributed by atoms with Gasteiger partial charge in [-0.25, -0.2) is 9.78 Å². The van der Waals surface area contributed by atoms with E-state index in [-0.39, 0.29) is 35.8 Å². The van der Waals surface area contributed by atoms with E-state index >= 15 is 0 Å². The highest BCUT2D eigenvalue weighted by molar-refractivity contribution is 5.90. The Hall–Kier alpha value is -4.17. The van der Waals surface area contributed by atoms with Crippen molar-refractivity contribution in [1.82, 2.24) is 35.2 Å². The Labute approximate surface area is 226 Å². The van der Waals surface area contributed by atoms with Crippen LogP contribution in [0.4, 0.5) is 18.0 Å². The maximum Gasteiger partial charge on any atom is 0.573 e. The van der Waals surface area contributed by atoms with Gasteiger partial charge in [-0.3, -0.25) is 9.48 Å². The van der Waals surface area contributed by atoms with Crippen LogP contribution in [0.2, 0.25) is 0 Å². The van der Waals surface area contributed by atoms with Crippen LogP contribution in [0.15, 0.2) is 35.3 Å². The van der Waals surface area contributed by atoms with Gasteiger partial charge in [0, 0.05) is 18.2 Å². The number of hydrogen-bond donors (Lipinski definition) is 1. The van der Waals surface area contributed by atoms with Crippen molar-refractivity contribution in [3.8, 4) is 17.2 Å². The van der Waals surface area contributed by atoms with Gasteiger partial charge in [0.05, 0.1) is 12.6 Å². The number of aromatic nitrogens is 5. The lowest BCUT2D eigenvalue weighted by molar-refractivity contribution is -0.274. The number of likely N-dealkylation sites (tertiary alicyclic amines) is 1. The number of rotatable bonds is 7. The van der Waals surface area contributed by atoms with E-state index in [1.165, 1.54) is 35.8 Å². The Morgan fingerprint density at radius 2 is 1.95 bits per heavy atom. The van der Waals surface area contributed by atoms with Crippen LogP contribution in [0.1, 0.15) is 62.2 Å². The maximum absolute atomic E-state index is 13.0. The fourth-order valence-electron chi connectivity index (χ4n) is 4.62. The summed E-state index contributed by atoms with van der Waals surface area (Å²) in [4.78, 5) is 31.4. The monoisotopic (exact) mass is 563 g/mol. The smallest absolute Gasteiger partial charge is 0.444 e. The number of carbonyl (C=O) groups is 2. The molecule has 0 unspecified atom stereocenters. The summed E-state index contributed by atoms with van der Waals surface area (Å²) in [6.07, 6.45) is -0.322. The average Bonchev–Trinajstić information content (AvgIpc) is 3.21. The van der Waals surface area contributed by atoms with Crippen LogP contribution in [0, 0.1) is 0 Å². The zero-order valence-electron chi connectivity index (χ0n) is 22.0. The first-order chi connectivity index (χ1) is 18.8. The highest BCUT2D eigenvalue weighted by Crippen LogP contribution is 2.45. The molecule has 2 atom stereocenters. The van der Waals surface area contributed by atoms with Crippen molar-refractivity contribution in [2.24, 2.45) is 0 Å². The third kappa shape index (κ3) is 6.69. The second kappa shape index (κ2) is 10.4. The molecule has 1 aliphatic heterocycles. The molecule has 1 saturated heterocycles. The van der Waals surface area contributed by atoms with Gasteiger partial charge in [-0.1, -0.05) is 6.07 Å². The molecular formula is C25H28F3N7O5. The summed E-state index contributed by atoms with van der Waals surface area (Å²) in [6, 6.07) is 3.16. The minimum atomic E-state index is -4.86. The van der Waals surface area contributed by atoms with Gasteiger partial charge < -0.3 is 24.1 Å². The predicted molar refractivity (Wildman–Crippen MR) is 131 cm³/mol. The number of nitrogens with zero attached hydrogens (tertiary/aromatic N) is 6. The Morgan fingerprint density at radius 1 is 1.18 bits per heavy atom. The molecule has 3 aromatic rings. The van der Waals surface area contributed by atoms with Crippen molar-refractivity contribution in [3.63, 3.8) is 0 Å². The fraction of sp³-hybridized carbons (Fsp3) is 0.520. The van der Waals surface area contributed by atoms with Gasteiger partial charge in [-0.15, -0.1) is 23.4 Å². The van der Waals surface area contributed by atoms with Crippen LogP contribution < -0.4 is 10.1 Å². The number of benzene rings is 1. The van der Waals surface area contributed by atoms with Gasteiger partial charge >= 0.3 is 24.3 Å². The molecule has 0 bridgehead atoms. The van der Waals surface area contributed by atoms with Crippen molar-refractivity contribution >= 4 is 12.0 Å². The summed E-state index contributed by atoms with van der Waals surface area (Å²) >= 11 is 0. The molecule has 1 aliphatic carbocycles. The van der Waals surface area contributed by atoms with Crippen LogP contribution in [0.5, 0.6) is 5.75 Å². The second-order valence-corrected chi connectivity index (χ2v) is 10.8. The summed E-state index contributed by atoms with van der Waals surface area (Å²) in [5, 5.41) is 14.6. The summed E-state index contributed by atoms with van der Waals surface area (Å²) in [5.41, 5.74) is 0.309. The van der Waals surface area contributed by atoms with Crippen LogP contribution >= 0.6 is 0 Å². The van der Waals surface area contributed by atoms with Crippen molar-refractivity contribution in [3.05, 3.63) is 42.3 Å². The van der Waals surface area contributed by atoms with Gasteiger partial charge in [0.15, 0.2) is 0 Å². The van der Waals surface area contributed by atoms with Crippen molar-refractivity contribution in [2.75, 3.05) is 6.54 Å². The van der Waals surface area contributed by atoms with E-state index < -0.39 is 35.8 Å². The van der Waals surface area contributed by atoms with Crippen LogP contribution in [0.3, 0.4) is 0 Å². The Morgan fingerprint density at radius 3 is 2.60 bits per heavy atom. The summed E-state index contributed by atoms with van der Waals surface area (Å²) in [6.45, 7) is 5.80. The zero-order valence-corrected chi connectivity index (χ0v) is 22.0. The maximum atomic E-state index is 13.0. The molecule has 1 saturated carbocycles. The molecule has 0 spiro atoms. The lowest BCUT2D eigenvalue weighted by Gasteiger charge is -2.28. The number of hydrogen-bond acceptors (Lipinski definition) is 9. The molecule has 40 heavy (non-hydrogen) atoms. The molecule has 5 rings (SSSR count). The molecule has 1 aromatic carbocycles. The minimum Gasteiger partial charge on any atom is -0.444 e. The quantitative estimate of drug-likeness (QED) is 0.453. The number of alkyl halides is 3. The SMILES string of the molecule is CC(C)(C)OC(=O)N1C[C@H](NC(=O)c2nnc(-c3cc(OC(F)(F)F)ccc3C3CC3)o2)C[C@H]1Cn1cncn1. The number of ether oxygens (including phenoxy) is 2. The van der Waals surface area contributed by atoms with Crippen LogP contribution in [0.25, 0.3) is 11.5 Å². The fourth-order valence-corrected chi connectivity index (χ4v) is 4.62. The van der Waals surface area contributed by atoms with Crippen LogP contribution in [-0.2, 0) is 11.3 Å². The molecule has 1 N–H and O–H groups in total. The van der Waals surface area contributed by atoms with Gasteiger partial charge in [-0.05, 0) is 63.6 Å². The molecule has 0 radical (unpaired) electrons. The minimum absolute atomic E-state index is 0.0921. The normalized spacial score (nSPS) is 19.5. The van der Waals surface area contributed by atoms with Gasteiger partial charge in [0.1, 0.15) is 24.0 Å². The first kappa shape index (κ1) is 27.4.